The first-order chi connectivity index (χ1) is 8.83. The fourth-order valence-corrected chi connectivity index (χ4v) is 4.68. The van der Waals surface area contributed by atoms with E-state index in [4.69, 9.17) is 21.4 Å². The zero-order valence-electron chi connectivity index (χ0n) is 9.57. The van der Waals surface area contributed by atoms with E-state index in [1.165, 1.54) is 13.0 Å². The number of alkyl halides is 6. The quantitative estimate of drug-likeness (QED) is 0.538. The Labute approximate surface area is 120 Å². The van der Waals surface area contributed by atoms with Crippen LogP contribution in [0.1, 0.15) is 11.1 Å². The van der Waals surface area contributed by atoms with E-state index in [-0.39, 0.29) is 5.56 Å². The molecule has 0 aromatic heterocycles. The van der Waals surface area contributed by atoms with Crippen LogP contribution in [0, 0.1) is 6.92 Å². The molecule has 1 aliphatic heterocycles. The molecule has 0 bridgehead atoms. The van der Waals surface area contributed by atoms with Gasteiger partial charge in [0.05, 0.1) is 8.74 Å². The lowest BCUT2D eigenvalue weighted by molar-refractivity contribution is -0.360. The molecule has 0 aliphatic carbocycles. The van der Waals surface area contributed by atoms with E-state index in [2.05, 4.69) is 4.18 Å². The predicted octanol–water partition coefficient (Wildman–Crippen LogP) is 5.73. The summed E-state index contributed by atoms with van der Waals surface area (Å²) in [5.41, 5.74) is -5.40. The van der Waals surface area contributed by atoms with Gasteiger partial charge in [0.15, 0.2) is 0 Å². The molecule has 0 N–H and O–H groups in total. The number of benzene rings is 1. The summed E-state index contributed by atoms with van der Waals surface area (Å²) in [6, 6.07) is 3.09. The fraction of sp³-hybridized carbons (Fsp3) is 0.400. The van der Waals surface area contributed by atoms with Crippen LogP contribution < -0.4 is 0 Å². The van der Waals surface area contributed by atoms with Gasteiger partial charge < -0.3 is 0 Å². The van der Waals surface area contributed by atoms with E-state index >= 15 is 0 Å². The van der Waals surface area contributed by atoms with E-state index in [1.807, 2.05) is 0 Å². The van der Waals surface area contributed by atoms with E-state index in [9.17, 15) is 26.3 Å². The van der Waals surface area contributed by atoms with Crippen molar-refractivity contribution in [2.24, 2.45) is 0 Å². The van der Waals surface area contributed by atoms with Crippen LogP contribution in [0.5, 0.6) is 0 Å². The highest BCUT2D eigenvalue weighted by Crippen LogP contribution is 2.79. The average molecular weight is 359 g/mol. The van der Waals surface area contributed by atoms with E-state index < -0.39 is 37.1 Å². The summed E-state index contributed by atoms with van der Waals surface area (Å²) in [6.45, 7) is 1.36. The fourth-order valence-electron chi connectivity index (χ4n) is 1.93. The first kappa shape index (κ1) is 16.1. The van der Waals surface area contributed by atoms with Gasteiger partial charge in [-0.05, 0) is 34.4 Å². The van der Waals surface area contributed by atoms with Crippen LogP contribution in [-0.2, 0) is 9.78 Å². The van der Waals surface area contributed by atoms with Crippen molar-refractivity contribution < 1.29 is 30.5 Å². The van der Waals surface area contributed by atoms with Crippen molar-refractivity contribution in [2.45, 2.75) is 29.8 Å². The Balaban J connectivity index is 2.85. The molecule has 10 heteroatoms. The van der Waals surface area contributed by atoms with Gasteiger partial charge in [-0.2, -0.15) is 26.3 Å². The molecule has 0 saturated heterocycles. The van der Waals surface area contributed by atoms with E-state index in [0.717, 1.165) is 12.1 Å². The van der Waals surface area contributed by atoms with Crippen LogP contribution in [0.3, 0.4) is 0 Å². The Morgan fingerprint density at radius 2 is 1.55 bits per heavy atom. The smallest absolute Gasteiger partial charge is 0.274 e. The lowest BCUT2D eigenvalue weighted by atomic mass is 9.91. The number of hydrogen-bond donors (Lipinski definition) is 0. The first-order valence-corrected chi connectivity index (χ1v) is 8.22. The molecule has 0 spiro atoms. The first-order valence-electron chi connectivity index (χ1n) is 5.01. The number of fused-ring (bicyclic) bond motifs is 1. The molecule has 1 heterocycles. The van der Waals surface area contributed by atoms with Gasteiger partial charge in [-0.3, -0.25) is 4.18 Å². The molecule has 1 aliphatic rings. The molecule has 114 valence electrons. The maximum Gasteiger partial charge on any atom is 0.432 e. The van der Waals surface area contributed by atoms with Gasteiger partial charge >= 0.3 is 12.4 Å². The van der Waals surface area contributed by atoms with Crippen LogP contribution in [0.15, 0.2) is 23.1 Å². The second kappa shape index (κ2) is 4.34. The summed E-state index contributed by atoms with van der Waals surface area (Å²) in [4.78, 5) is -0.485. The monoisotopic (exact) mass is 358 g/mol. The molecule has 0 radical (unpaired) electrons. The molecule has 0 saturated carbocycles. The predicted molar refractivity (Wildman–Crippen MR) is 63.6 cm³/mol. The zero-order valence-corrected chi connectivity index (χ0v) is 11.9. The van der Waals surface area contributed by atoms with Gasteiger partial charge in [0.1, 0.15) is 0 Å². The molecule has 1 aromatic rings. The highest BCUT2D eigenvalue weighted by atomic mass is 36.0. The maximum atomic E-state index is 13.1. The normalized spacial score (nSPS) is 22.4. The molecule has 2 rings (SSSR count). The Morgan fingerprint density at radius 1 is 1.05 bits per heavy atom. The maximum absolute atomic E-state index is 13.1. The number of hydrogen-bond acceptors (Lipinski definition) is 1. The summed E-state index contributed by atoms with van der Waals surface area (Å²) in [5, 5.41) is 0. The summed E-state index contributed by atoms with van der Waals surface area (Å²) in [5.74, 6) is 0. The third-order valence-corrected chi connectivity index (χ3v) is 5.50. The molecule has 0 fully saturated rings. The van der Waals surface area contributed by atoms with Crippen LogP contribution in [0.25, 0.3) is 0 Å². The minimum absolute atomic E-state index is 0.204. The lowest BCUT2D eigenvalue weighted by Crippen LogP contribution is -2.53. The Kier molecular flexibility index (Phi) is 3.49. The lowest BCUT2D eigenvalue weighted by Gasteiger charge is -2.34. The van der Waals surface area contributed by atoms with Gasteiger partial charge in [0, 0.05) is 10.5 Å². The molecule has 0 amide bonds. The Bertz CT molecular complexity index is 540. The summed E-state index contributed by atoms with van der Waals surface area (Å²) in [6.07, 6.45) is -11.5. The van der Waals surface area contributed by atoms with Crippen molar-refractivity contribution in [3.63, 3.8) is 0 Å². The van der Waals surface area contributed by atoms with Gasteiger partial charge in [-0.25, -0.2) is 0 Å². The third kappa shape index (κ3) is 2.08. The van der Waals surface area contributed by atoms with Crippen molar-refractivity contribution in [3.8, 4) is 0 Å². The Hall–Kier alpha value is -0.310. The van der Waals surface area contributed by atoms with Gasteiger partial charge in [-0.15, -0.1) is 0 Å². The van der Waals surface area contributed by atoms with Gasteiger partial charge in [0.2, 0.25) is 0 Å². The summed E-state index contributed by atoms with van der Waals surface area (Å²) >= 11 is 0. The average Bonchev–Trinajstić information content (AvgIpc) is 2.46. The molecule has 0 atom stereocenters. The van der Waals surface area contributed by atoms with Gasteiger partial charge in [-0.1, -0.05) is 17.7 Å². The van der Waals surface area contributed by atoms with E-state index in [1.54, 1.807) is 0 Å². The van der Waals surface area contributed by atoms with Crippen LogP contribution in [0.2, 0.25) is 0 Å². The van der Waals surface area contributed by atoms with Crippen molar-refractivity contribution in [1.82, 2.24) is 0 Å². The highest BCUT2D eigenvalue weighted by molar-refractivity contribution is 8.63. The molecule has 20 heavy (non-hydrogen) atoms. The van der Waals surface area contributed by atoms with Crippen LogP contribution >= 0.6 is 30.1 Å². The number of aryl methyl sites for hydroxylation is 1. The van der Waals surface area contributed by atoms with Crippen molar-refractivity contribution in [1.29, 1.82) is 0 Å². The molecule has 1 nitrogen and oxygen atoms in total. The summed E-state index contributed by atoms with van der Waals surface area (Å²) in [7, 11) is 7.45. The van der Waals surface area contributed by atoms with Crippen LogP contribution in [-0.4, -0.2) is 12.4 Å². The summed E-state index contributed by atoms with van der Waals surface area (Å²) < 4.78 is 82.9. The second-order valence-electron chi connectivity index (χ2n) is 4.18. The van der Waals surface area contributed by atoms with Crippen molar-refractivity contribution in [3.05, 3.63) is 29.3 Å². The van der Waals surface area contributed by atoms with Gasteiger partial charge in [0.25, 0.3) is 5.60 Å². The third-order valence-electron chi connectivity index (χ3n) is 2.80. The zero-order chi connectivity index (χ0) is 15.6. The highest BCUT2D eigenvalue weighted by Gasteiger charge is 2.78. The number of rotatable bonds is 0. The molecule has 1 aromatic carbocycles. The van der Waals surface area contributed by atoms with Crippen molar-refractivity contribution >= 4 is 30.1 Å². The SMILES string of the molecule is Cc1ccc2c(c1)C(C(F)(F)F)(C(F)(F)F)OS2(Cl)Cl. The number of halogens is 8. The Morgan fingerprint density at radius 3 is 2.00 bits per heavy atom. The molecular formula is C10H6Cl2F6OS. The molecular weight excluding hydrogens is 353 g/mol. The second-order valence-corrected chi connectivity index (χ2v) is 8.71. The largest absolute Gasteiger partial charge is 0.432 e. The standard InChI is InChI=1S/C10H6Cl2F6OS/c1-5-2-3-7-6(4-5)8(9(13,14)15,10(16,17)18)19-20(7,11)12/h2-4H,1H3. The van der Waals surface area contributed by atoms with Crippen molar-refractivity contribution in [2.75, 3.05) is 0 Å². The minimum atomic E-state index is -5.74. The molecule has 0 unspecified atom stereocenters. The van der Waals surface area contributed by atoms with Crippen LogP contribution in [0.4, 0.5) is 26.3 Å². The topological polar surface area (TPSA) is 9.23 Å². The minimum Gasteiger partial charge on any atom is -0.274 e. The van der Waals surface area contributed by atoms with E-state index in [0.29, 0.717) is 0 Å².